The molecule has 0 saturated carbocycles. The van der Waals surface area contributed by atoms with Gasteiger partial charge in [-0.1, -0.05) is 25.1 Å². The molecule has 0 aliphatic carbocycles. The van der Waals surface area contributed by atoms with Crippen molar-refractivity contribution in [3.63, 3.8) is 0 Å². The third-order valence-electron chi connectivity index (χ3n) is 3.44. The second kappa shape index (κ2) is 5.64. The number of hydrogen-bond acceptors (Lipinski definition) is 4. The Kier molecular flexibility index (Phi) is 4.11. The molecule has 5 nitrogen and oxygen atoms in total. The van der Waals surface area contributed by atoms with Gasteiger partial charge in [-0.3, -0.25) is 0 Å². The molecule has 3 N–H and O–H groups in total. The minimum atomic E-state index is -1.01. The number of furan rings is 1. The molecular formula is C15H19NO4. The lowest BCUT2D eigenvalue weighted by Gasteiger charge is -2.21. The second-order valence-corrected chi connectivity index (χ2v) is 5.16. The summed E-state index contributed by atoms with van der Waals surface area (Å²) in [6.45, 7) is 4.27. The first-order valence-electron chi connectivity index (χ1n) is 6.61. The summed E-state index contributed by atoms with van der Waals surface area (Å²) in [4.78, 5) is 11.4. The maximum Gasteiger partial charge on any atom is 0.339 e. The van der Waals surface area contributed by atoms with Crippen LogP contribution >= 0.6 is 0 Å². The molecule has 108 valence electrons. The summed E-state index contributed by atoms with van der Waals surface area (Å²) in [7, 11) is 0. The first-order valence-corrected chi connectivity index (χ1v) is 6.61. The number of aromatic carboxylic acids is 1. The predicted octanol–water partition coefficient (Wildman–Crippen LogP) is 2.38. The van der Waals surface area contributed by atoms with Crippen LogP contribution in [0.15, 0.2) is 28.7 Å². The molecule has 0 radical (unpaired) electrons. The Hall–Kier alpha value is -1.85. The molecular weight excluding hydrogens is 258 g/mol. The van der Waals surface area contributed by atoms with Crippen LogP contribution in [0.1, 0.15) is 36.4 Å². The zero-order valence-electron chi connectivity index (χ0n) is 11.6. The summed E-state index contributed by atoms with van der Waals surface area (Å²) in [5.74, 6) is -0.625. The van der Waals surface area contributed by atoms with Crippen LogP contribution in [-0.2, 0) is 6.54 Å². The van der Waals surface area contributed by atoms with Crippen LogP contribution < -0.4 is 5.32 Å². The van der Waals surface area contributed by atoms with E-state index in [1.807, 2.05) is 6.92 Å². The topological polar surface area (TPSA) is 82.7 Å². The van der Waals surface area contributed by atoms with Gasteiger partial charge in [-0.25, -0.2) is 4.79 Å². The van der Waals surface area contributed by atoms with Gasteiger partial charge in [-0.2, -0.15) is 0 Å². The first-order chi connectivity index (χ1) is 9.44. The van der Waals surface area contributed by atoms with E-state index in [4.69, 9.17) is 4.42 Å². The van der Waals surface area contributed by atoms with Crippen molar-refractivity contribution in [2.75, 3.05) is 6.54 Å². The summed E-state index contributed by atoms with van der Waals surface area (Å²) in [6, 6.07) is 7.06. The average molecular weight is 277 g/mol. The second-order valence-electron chi connectivity index (χ2n) is 5.16. The maximum atomic E-state index is 11.4. The molecule has 0 amide bonds. The number of hydrogen-bond donors (Lipinski definition) is 3. The molecule has 0 fully saturated rings. The van der Waals surface area contributed by atoms with Crippen LogP contribution in [0.5, 0.6) is 0 Å². The zero-order chi connectivity index (χ0) is 14.8. The number of rotatable bonds is 6. The van der Waals surface area contributed by atoms with Crippen LogP contribution in [0.4, 0.5) is 0 Å². The van der Waals surface area contributed by atoms with E-state index < -0.39 is 11.6 Å². The minimum absolute atomic E-state index is 0.184. The molecule has 0 aliphatic heterocycles. The number of aliphatic hydroxyl groups is 1. The number of benzene rings is 1. The lowest BCUT2D eigenvalue weighted by Crippen LogP contribution is -2.36. The van der Waals surface area contributed by atoms with Crippen molar-refractivity contribution in [2.45, 2.75) is 32.4 Å². The summed E-state index contributed by atoms with van der Waals surface area (Å²) >= 11 is 0. The molecule has 1 aromatic heterocycles. The lowest BCUT2D eigenvalue weighted by molar-refractivity contribution is 0.0551. The molecule has 0 spiro atoms. The minimum Gasteiger partial charge on any atom is -0.478 e. The Bertz CT molecular complexity index is 615. The Balaban J connectivity index is 2.21. The Morgan fingerprint density at radius 3 is 2.75 bits per heavy atom. The number of carboxylic acid groups (broad SMARTS) is 1. The first kappa shape index (κ1) is 14.6. The molecule has 1 unspecified atom stereocenters. The molecule has 0 saturated heterocycles. The van der Waals surface area contributed by atoms with E-state index in [2.05, 4.69) is 5.32 Å². The fourth-order valence-corrected chi connectivity index (χ4v) is 2.03. The van der Waals surface area contributed by atoms with Gasteiger partial charge in [0, 0.05) is 11.9 Å². The van der Waals surface area contributed by atoms with Crippen LogP contribution in [0.25, 0.3) is 11.0 Å². The van der Waals surface area contributed by atoms with Gasteiger partial charge in [0.25, 0.3) is 0 Å². The third-order valence-corrected chi connectivity index (χ3v) is 3.44. The smallest absolute Gasteiger partial charge is 0.339 e. The fraction of sp³-hybridized carbons (Fsp3) is 0.400. The average Bonchev–Trinajstić information content (AvgIpc) is 2.76. The normalized spacial score (nSPS) is 14.3. The van der Waals surface area contributed by atoms with Gasteiger partial charge in [0.2, 0.25) is 0 Å². The molecule has 0 bridgehead atoms. The lowest BCUT2D eigenvalue weighted by atomic mass is 10.0. The van der Waals surface area contributed by atoms with Crippen molar-refractivity contribution < 1.29 is 19.4 Å². The molecule has 5 heteroatoms. The molecule has 2 rings (SSSR count). The zero-order valence-corrected chi connectivity index (χ0v) is 11.6. The number of para-hydroxylation sites is 1. The maximum absolute atomic E-state index is 11.4. The van der Waals surface area contributed by atoms with Gasteiger partial charge < -0.3 is 19.9 Å². The molecule has 1 atom stereocenters. The van der Waals surface area contributed by atoms with E-state index in [9.17, 15) is 15.0 Å². The Labute approximate surface area is 117 Å². The van der Waals surface area contributed by atoms with Crippen molar-refractivity contribution >= 4 is 16.9 Å². The van der Waals surface area contributed by atoms with Crippen LogP contribution in [0, 0.1) is 0 Å². The van der Waals surface area contributed by atoms with Gasteiger partial charge in [-0.05, 0) is 19.4 Å². The largest absolute Gasteiger partial charge is 0.478 e. The molecule has 1 aromatic carbocycles. The van der Waals surface area contributed by atoms with Crippen molar-refractivity contribution in [3.8, 4) is 0 Å². The highest BCUT2D eigenvalue weighted by Crippen LogP contribution is 2.25. The third kappa shape index (κ3) is 3.00. The summed E-state index contributed by atoms with van der Waals surface area (Å²) in [5, 5.41) is 22.9. The van der Waals surface area contributed by atoms with Crippen LogP contribution in [0.2, 0.25) is 0 Å². The van der Waals surface area contributed by atoms with Gasteiger partial charge in [0.05, 0.1) is 12.1 Å². The van der Waals surface area contributed by atoms with E-state index in [-0.39, 0.29) is 12.1 Å². The summed E-state index contributed by atoms with van der Waals surface area (Å²) in [6.07, 6.45) is 0.617. The van der Waals surface area contributed by atoms with Crippen molar-refractivity contribution in [1.29, 1.82) is 0 Å². The van der Waals surface area contributed by atoms with Crippen molar-refractivity contribution in [3.05, 3.63) is 35.6 Å². The highest BCUT2D eigenvalue weighted by Gasteiger charge is 2.21. The standard InChI is InChI=1S/C15H19NO4/c1-3-15(2,19)9-16-8-12-13(14(17)18)10-6-4-5-7-11(10)20-12/h4-7,16,19H,3,8-9H2,1-2H3,(H,17,18). The Morgan fingerprint density at radius 1 is 1.40 bits per heavy atom. The van der Waals surface area contributed by atoms with Crippen molar-refractivity contribution in [1.82, 2.24) is 5.32 Å². The van der Waals surface area contributed by atoms with Crippen LogP contribution in [0.3, 0.4) is 0 Å². The van der Waals surface area contributed by atoms with Gasteiger partial charge in [0.15, 0.2) is 0 Å². The quantitative estimate of drug-likeness (QED) is 0.755. The van der Waals surface area contributed by atoms with E-state index in [1.54, 1.807) is 31.2 Å². The van der Waals surface area contributed by atoms with E-state index >= 15 is 0 Å². The van der Waals surface area contributed by atoms with E-state index in [0.29, 0.717) is 29.7 Å². The summed E-state index contributed by atoms with van der Waals surface area (Å²) in [5.41, 5.74) is -0.0664. The van der Waals surface area contributed by atoms with E-state index in [1.165, 1.54) is 0 Å². The van der Waals surface area contributed by atoms with Gasteiger partial charge in [0.1, 0.15) is 16.9 Å². The number of carbonyl (C=O) groups is 1. The highest BCUT2D eigenvalue weighted by atomic mass is 16.4. The monoisotopic (exact) mass is 277 g/mol. The van der Waals surface area contributed by atoms with E-state index in [0.717, 1.165) is 0 Å². The number of fused-ring (bicyclic) bond motifs is 1. The summed E-state index contributed by atoms with van der Waals surface area (Å²) < 4.78 is 5.58. The molecule has 1 heterocycles. The molecule has 2 aromatic rings. The number of nitrogens with one attached hydrogen (secondary N) is 1. The van der Waals surface area contributed by atoms with Gasteiger partial charge >= 0.3 is 5.97 Å². The fourth-order valence-electron chi connectivity index (χ4n) is 2.03. The Morgan fingerprint density at radius 2 is 2.10 bits per heavy atom. The molecule has 20 heavy (non-hydrogen) atoms. The SMILES string of the molecule is CCC(C)(O)CNCc1oc2ccccc2c1C(=O)O. The van der Waals surface area contributed by atoms with Crippen molar-refractivity contribution in [2.24, 2.45) is 0 Å². The number of carboxylic acids is 1. The highest BCUT2D eigenvalue weighted by molar-refractivity contribution is 6.03. The predicted molar refractivity (Wildman–Crippen MR) is 75.8 cm³/mol. The van der Waals surface area contributed by atoms with Gasteiger partial charge in [-0.15, -0.1) is 0 Å². The van der Waals surface area contributed by atoms with Crippen LogP contribution in [-0.4, -0.2) is 28.3 Å². The molecule has 0 aliphatic rings.